The number of aryl methyl sites for hydroxylation is 1. The second kappa shape index (κ2) is 9.31. The lowest BCUT2D eigenvalue weighted by Gasteiger charge is -2.30. The van der Waals surface area contributed by atoms with Crippen molar-refractivity contribution in [3.63, 3.8) is 0 Å². The molecule has 0 saturated heterocycles. The van der Waals surface area contributed by atoms with Gasteiger partial charge in [-0.2, -0.15) is 8.78 Å². The summed E-state index contributed by atoms with van der Waals surface area (Å²) in [4.78, 5) is 0. The van der Waals surface area contributed by atoms with Crippen LogP contribution in [0.25, 0.3) is 0 Å². The predicted molar refractivity (Wildman–Crippen MR) is 95.1 cm³/mol. The summed E-state index contributed by atoms with van der Waals surface area (Å²) in [5.74, 6) is 0.772. The van der Waals surface area contributed by atoms with Crippen LogP contribution in [0.4, 0.5) is 8.78 Å². The number of rotatable bonds is 9. The SMILES string of the molecule is C=CCCC1CCC(CC(F)(F)OCc2ccc(CC)cc2)CC1. The van der Waals surface area contributed by atoms with Crippen LogP contribution in [-0.2, 0) is 17.8 Å². The Labute approximate surface area is 145 Å². The summed E-state index contributed by atoms with van der Waals surface area (Å²) in [6, 6.07) is 7.70. The number of benzene rings is 1. The molecule has 1 saturated carbocycles. The van der Waals surface area contributed by atoms with Crippen molar-refractivity contribution < 1.29 is 13.5 Å². The van der Waals surface area contributed by atoms with Crippen LogP contribution in [0.5, 0.6) is 0 Å². The lowest BCUT2D eigenvalue weighted by atomic mass is 9.78. The van der Waals surface area contributed by atoms with Crippen molar-refractivity contribution in [2.75, 3.05) is 0 Å². The van der Waals surface area contributed by atoms with Gasteiger partial charge >= 0.3 is 6.11 Å². The second-order valence-electron chi connectivity index (χ2n) is 7.05. The molecule has 134 valence electrons. The molecule has 1 fully saturated rings. The minimum absolute atomic E-state index is 0.0221. The Balaban J connectivity index is 1.73. The zero-order valence-electron chi connectivity index (χ0n) is 14.8. The van der Waals surface area contributed by atoms with Gasteiger partial charge in [0.2, 0.25) is 0 Å². The molecule has 0 spiro atoms. The monoisotopic (exact) mass is 336 g/mol. The van der Waals surface area contributed by atoms with E-state index in [0.29, 0.717) is 5.92 Å². The lowest BCUT2D eigenvalue weighted by molar-refractivity contribution is -0.256. The molecule has 0 bridgehead atoms. The normalized spacial score (nSPS) is 21.6. The molecule has 3 heteroatoms. The summed E-state index contributed by atoms with van der Waals surface area (Å²) in [6.45, 7) is 5.80. The molecule has 24 heavy (non-hydrogen) atoms. The predicted octanol–water partition coefficient (Wildman–Crippen LogP) is 6.52. The number of alkyl halides is 2. The van der Waals surface area contributed by atoms with Gasteiger partial charge in [0.15, 0.2) is 0 Å². The maximum atomic E-state index is 14.1. The van der Waals surface area contributed by atoms with Crippen LogP contribution in [-0.4, -0.2) is 6.11 Å². The summed E-state index contributed by atoms with van der Waals surface area (Å²) >= 11 is 0. The van der Waals surface area contributed by atoms with E-state index in [1.807, 2.05) is 30.3 Å². The lowest BCUT2D eigenvalue weighted by Crippen LogP contribution is -2.27. The third-order valence-corrected chi connectivity index (χ3v) is 5.15. The van der Waals surface area contributed by atoms with Gasteiger partial charge < -0.3 is 4.74 Å². The summed E-state index contributed by atoms with van der Waals surface area (Å²) in [5, 5.41) is 0. The first-order valence-electron chi connectivity index (χ1n) is 9.23. The third kappa shape index (κ3) is 6.35. The van der Waals surface area contributed by atoms with Crippen LogP contribution in [0.3, 0.4) is 0 Å². The first-order valence-corrected chi connectivity index (χ1v) is 9.23. The second-order valence-corrected chi connectivity index (χ2v) is 7.05. The Morgan fingerprint density at radius 1 is 1.08 bits per heavy atom. The van der Waals surface area contributed by atoms with Crippen molar-refractivity contribution in [3.8, 4) is 0 Å². The van der Waals surface area contributed by atoms with Gasteiger partial charge in [0, 0.05) is 6.42 Å². The summed E-state index contributed by atoms with van der Waals surface area (Å²) in [5.41, 5.74) is 2.01. The van der Waals surface area contributed by atoms with Crippen LogP contribution in [0.2, 0.25) is 0 Å². The molecule has 1 aliphatic rings. The van der Waals surface area contributed by atoms with Gasteiger partial charge in [0.25, 0.3) is 0 Å². The van der Waals surface area contributed by atoms with E-state index < -0.39 is 6.11 Å². The number of ether oxygens (including phenoxy) is 1. The van der Waals surface area contributed by atoms with Crippen molar-refractivity contribution in [1.82, 2.24) is 0 Å². The molecule has 0 heterocycles. The van der Waals surface area contributed by atoms with E-state index >= 15 is 0 Å². The molecule has 0 unspecified atom stereocenters. The minimum atomic E-state index is -3.03. The highest BCUT2D eigenvalue weighted by Gasteiger charge is 2.35. The van der Waals surface area contributed by atoms with Crippen molar-refractivity contribution in [2.45, 2.75) is 71.0 Å². The number of allylic oxidation sites excluding steroid dienone is 1. The van der Waals surface area contributed by atoms with Crippen molar-refractivity contribution in [1.29, 1.82) is 0 Å². The third-order valence-electron chi connectivity index (χ3n) is 5.15. The van der Waals surface area contributed by atoms with Crippen LogP contribution in [0.1, 0.15) is 63.0 Å². The van der Waals surface area contributed by atoms with E-state index in [-0.39, 0.29) is 18.9 Å². The molecule has 1 nitrogen and oxygen atoms in total. The fourth-order valence-electron chi connectivity index (χ4n) is 3.53. The Bertz CT molecular complexity index is 487. The van der Waals surface area contributed by atoms with Gasteiger partial charge in [-0.05, 0) is 55.1 Å². The van der Waals surface area contributed by atoms with Gasteiger partial charge in [-0.15, -0.1) is 6.58 Å². The van der Waals surface area contributed by atoms with E-state index in [2.05, 4.69) is 13.5 Å². The fourth-order valence-corrected chi connectivity index (χ4v) is 3.53. The topological polar surface area (TPSA) is 9.23 Å². The zero-order chi connectivity index (χ0) is 17.4. The molecule has 1 aromatic rings. The highest BCUT2D eigenvalue weighted by Crippen LogP contribution is 2.38. The molecule has 0 atom stereocenters. The molecular weight excluding hydrogens is 306 g/mol. The van der Waals surface area contributed by atoms with Crippen LogP contribution >= 0.6 is 0 Å². The Morgan fingerprint density at radius 3 is 2.25 bits per heavy atom. The number of hydrogen-bond acceptors (Lipinski definition) is 1. The van der Waals surface area contributed by atoms with Gasteiger partial charge in [-0.25, -0.2) is 0 Å². The van der Waals surface area contributed by atoms with Crippen molar-refractivity contribution in [3.05, 3.63) is 48.0 Å². The summed E-state index contributed by atoms with van der Waals surface area (Å²) in [6.07, 6.45) is 5.82. The standard InChI is InChI=1S/C21H30F2O/c1-3-5-6-18-9-11-19(12-10-18)15-21(22,23)24-16-20-13-7-17(4-2)8-14-20/h3,7-8,13-14,18-19H,1,4-6,9-12,15-16H2,2H3. The van der Waals surface area contributed by atoms with Gasteiger partial charge in [0.05, 0.1) is 6.61 Å². The molecular formula is C21H30F2O. The van der Waals surface area contributed by atoms with Gasteiger partial charge in [0.1, 0.15) is 0 Å². The summed E-state index contributed by atoms with van der Waals surface area (Å²) in [7, 11) is 0. The highest BCUT2D eigenvalue weighted by atomic mass is 19.3. The molecule has 0 aliphatic heterocycles. The van der Waals surface area contributed by atoms with Gasteiger partial charge in [-0.3, -0.25) is 0 Å². The Morgan fingerprint density at radius 2 is 1.67 bits per heavy atom. The van der Waals surface area contributed by atoms with E-state index in [9.17, 15) is 8.78 Å². The average molecular weight is 336 g/mol. The highest BCUT2D eigenvalue weighted by molar-refractivity contribution is 5.21. The Hall–Kier alpha value is -1.22. The largest absolute Gasteiger partial charge is 0.356 e. The number of halogens is 2. The molecule has 0 amide bonds. The molecule has 1 aliphatic carbocycles. The van der Waals surface area contributed by atoms with E-state index in [1.165, 1.54) is 5.56 Å². The maximum Gasteiger partial charge on any atom is 0.356 e. The quantitative estimate of drug-likeness (QED) is 0.466. The minimum Gasteiger partial charge on any atom is -0.316 e. The molecule has 1 aromatic carbocycles. The van der Waals surface area contributed by atoms with E-state index in [1.54, 1.807) is 0 Å². The average Bonchev–Trinajstić information content (AvgIpc) is 2.59. The maximum absolute atomic E-state index is 14.1. The Kier molecular flexibility index (Phi) is 7.41. The number of hydrogen-bond donors (Lipinski definition) is 0. The van der Waals surface area contributed by atoms with Crippen molar-refractivity contribution in [2.24, 2.45) is 11.8 Å². The first kappa shape index (κ1) is 19.1. The molecule has 2 rings (SSSR count). The summed E-state index contributed by atoms with van der Waals surface area (Å²) < 4.78 is 33.1. The van der Waals surface area contributed by atoms with Gasteiger partial charge in [-0.1, -0.05) is 50.1 Å². The first-order chi connectivity index (χ1) is 11.5. The molecule has 0 radical (unpaired) electrons. The smallest absolute Gasteiger partial charge is 0.316 e. The zero-order valence-corrected chi connectivity index (χ0v) is 14.8. The van der Waals surface area contributed by atoms with Crippen molar-refractivity contribution >= 4 is 0 Å². The van der Waals surface area contributed by atoms with Crippen LogP contribution in [0, 0.1) is 11.8 Å². The van der Waals surface area contributed by atoms with Crippen LogP contribution in [0.15, 0.2) is 36.9 Å². The fraction of sp³-hybridized carbons (Fsp3) is 0.619. The van der Waals surface area contributed by atoms with E-state index in [4.69, 9.17) is 4.74 Å². The molecule has 0 aromatic heterocycles. The van der Waals surface area contributed by atoms with Crippen LogP contribution < -0.4 is 0 Å². The molecule has 0 N–H and O–H groups in total. The van der Waals surface area contributed by atoms with E-state index in [0.717, 1.165) is 50.5 Å².